The van der Waals surface area contributed by atoms with Crippen molar-refractivity contribution in [1.29, 1.82) is 0 Å². The Hall–Kier alpha value is -3.99. The maximum Gasteiger partial charge on any atom is 0.222 e. The first-order chi connectivity index (χ1) is 20.2. The second-order valence-electron chi connectivity index (χ2n) is 10.8. The minimum absolute atomic E-state index is 0.120. The van der Waals surface area contributed by atoms with Gasteiger partial charge in [0.1, 0.15) is 36.2 Å². The molecule has 1 aromatic heterocycles. The maximum absolute atomic E-state index is 15.3. The van der Waals surface area contributed by atoms with Gasteiger partial charge >= 0.3 is 0 Å². The second kappa shape index (κ2) is 14.3. The topological polar surface area (TPSA) is 92.5 Å². The van der Waals surface area contributed by atoms with Gasteiger partial charge in [-0.05, 0) is 55.0 Å². The third-order valence-corrected chi connectivity index (χ3v) is 7.63. The number of hydrogen-bond donors (Lipinski definition) is 0. The zero-order valence-corrected chi connectivity index (χ0v) is 24.6. The summed E-state index contributed by atoms with van der Waals surface area (Å²) < 4.78 is 35.4. The van der Waals surface area contributed by atoms with E-state index in [0.29, 0.717) is 64.9 Å². The summed E-state index contributed by atoms with van der Waals surface area (Å²) in [5.74, 6) is 0.824. The van der Waals surface area contributed by atoms with Crippen LogP contribution in [0.25, 0.3) is 22.0 Å². The number of aromatic nitrogens is 2. The molecule has 2 aromatic carbocycles. The van der Waals surface area contributed by atoms with Gasteiger partial charge in [-0.25, -0.2) is 18.7 Å². The van der Waals surface area contributed by atoms with E-state index in [9.17, 15) is 9.18 Å². The van der Waals surface area contributed by atoms with Crippen LogP contribution in [0, 0.1) is 23.5 Å². The largest absolute Gasteiger partial charge is 0.374 e. The van der Waals surface area contributed by atoms with E-state index in [1.54, 1.807) is 24.1 Å². The number of aliphatic imine (C=N–C) groups is 1. The van der Waals surface area contributed by atoms with E-state index in [1.165, 1.54) is 31.6 Å². The number of carbonyl (C=O) groups is 1. The molecular formula is C31H38F2N6O3. The van der Waals surface area contributed by atoms with Crippen molar-refractivity contribution in [2.24, 2.45) is 22.0 Å². The highest BCUT2D eigenvalue weighted by Crippen LogP contribution is 2.35. The summed E-state index contributed by atoms with van der Waals surface area (Å²) in [4.78, 5) is 33.7. The smallest absolute Gasteiger partial charge is 0.222 e. The molecule has 0 saturated carbocycles. The second-order valence-corrected chi connectivity index (χ2v) is 10.8. The Morgan fingerprint density at radius 3 is 2.62 bits per heavy atom. The number of methoxy groups -OCH3 is 1. The van der Waals surface area contributed by atoms with Crippen molar-refractivity contribution in [1.82, 2.24) is 9.97 Å². The average molecular weight is 581 g/mol. The van der Waals surface area contributed by atoms with E-state index in [-0.39, 0.29) is 5.92 Å². The van der Waals surface area contributed by atoms with Crippen LogP contribution in [0.15, 0.2) is 46.8 Å². The first kappa shape index (κ1) is 31.0. The summed E-state index contributed by atoms with van der Waals surface area (Å²) in [5, 5.41) is 4.08. The Morgan fingerprint density at radius 1 is 1.21 bits per heavy atom. The van der Waals surface area contributed by atoms with Crippen LogP contribution in [0.4, 0.5) is 20.3 Å². The van der Waals surface area contributed by atoms with E-state index >= 15 is 4.39 Å². The molecule has 224 valence electrons. The normalized spacial score (nSPS) is 15.2. The zero-order valence-electron chi connectivity index (χ0n) is 24.6. The van der Waals surface area contributed by atoms with Crippen LogP contribution in [-0.4, -0.2) is 75.3 Å². The zero-order chi connectivity index (χ0) is 30.2. The summed E-state index contributed by atoms with van der Waals surface area (Å²) in [6, 6.07) is 7.61. The first-order valence-electron chi connectivity index (χ1n) is 14.1. The van der Waals surface area contributed by atoms with Crippen LogP contribution < -0.4 is 9.80 Å². The third kappa shape index (κ3) is 7.25. The van der Waals surface area contributed by atoms with Gasteiger partial charge in [-0.2, -0.15) is 0 Å². The Bertz CT molecular complexity index is 1430. The van der Waals surface area contributed by atoms with Crippen LogP contribution in [0.2, 0.25) is 0 Å². The monoisotopic (exact) mass is 580 g/mol. The lowest BCUT2D eigenvalue weighted by Crippen LogP contribution is -2.35. The van der Waals surface area contributed by atoms with Crippen LogP contribution in [0.3, 0.4) is 0 Å². The number of nitrogens with zero attached hydrogens (tertiary/aromatic N) is 6. The molecule has 0 aliphatic carbocycles. The number of rotatable bonds is 12. The van der Waals surface area contributed by atoms with E-state index in [0.717, 1.165) is 32.2 Å². The Labute approximate surface area is 245 Å². The number of ether oxygens (including phenoxy) is 1. The molecule has 0 amide bonds. The number of halogens is 2. The minimum atomic E-state index is -0.547. The fraction of sp³-hybridized carbons (Fsp3) is 0.452. The minimum Gasteiger partial charge on any atom is -0.374 e. The molecule has 1 fully saturated rings. The summed E-state index contributed by atoms with van der Waals surface area (Å²) in [5.41, 5.74) is 1.92. The van der Waals surface area contributed by atoms with E-state index in [1.807, 2.05) is 13.8 Å². The Kier molecular flexibility index (Phi) is 10.5. The van der Waals surface area contributed by atoms with Gasteiger partial charge in [0.2, 0.25) is 5.90 Å². The third-order valence-electron chi connectivity index (χ3n) is 7.63. The lowest BCUT2D eigenvalue weighted by Gasteiger charge is -2.32. The number of anilines is 2. The molecule has 0 bridgehead atoms. The molecule has 2 heterocycles. The predicted octanol–water partition coefficient (Wildman–Crippen LogP) is 5.52. The average Bonchev–Trinajstić information content (AvgIpc) is 2.99. The molecule has 1 aliphatic rings. The number of oxime groups is 1. The van der Waals surface area contributed by atoms with E-state index in [2.05, 4.69) is 31.7 Å². The van der Waals surface area contributed by atoms with Crippen molar-refractivity contribution >= 4 is 41.3 Å². The molecule has 0 radical (unpaired) electrons. The van der Waals surface area contributed by atoms with Crippen LogP contribution in [0.1, 0.15) is 33.1 Å². The van der Waals surface area contributed by atoms with Gasteiger partial charge in [-0.3, -0.25) is 4.99 Å². The summed E-state index contributed by atoms with van der Waals surface area (Å²) >= 11 is 0. The molecule has 4 rings (SSSR count). The van der Waals surface area contributed by atoms with E-state index in [4.69, 9.17) is 9.57 Å². The molecule has 1 aliphatic heterocycles. The lowest BCUT2D eigenvalue weighted by atomic mass is 9.96. The molecule has 3 aromatic rings. The van der Waals surface area contributed by atoms with Crippen molar-refractivity contribution in [3.8, 4) is 11.1 Å². The maximum atomic E-state index is 15.3. The van der Waals surface area contributed by atoms with Crippen LogP contribution >= 0.6 is 0 Å². The molecule has 0 N–H and O–H groups in total. The Morgan fingerprint density at radius 2 is 1.98 bits per heavy atom. The highest BCUT2D eigenvalue weighted by atomic mass is 19.1. The molecule has 0 spiro atoms. The van der Waals surface area contributed by atoms with Crippen LogP contribution in [-0.2, 0) is 14.4 Å². The number of carbonyl (C=O) groups excluding carboxylic acids is 1. The SMILES string of the molecule is C=NOC(=NCC1CCN(c2ncnc3c(-c4ccc(N(C)CCC(C=O)OC)c(F)c4)cc(F)cc23)CC1)C(C)C. The molecule has 1 unspecified atom stereocenters. The lowest BCUT2D eigenvalue weighted by molar-refractivity contribution is -0.116. The van der Waals surface area contributed by atoms with Gasteiger partial charge in [0.05, 0.1) is 11.2 Å². The summed E-state index contributed by atoms with van der Waals surface area (Å²) in [6.45, 7) is 9.91. The fourth-order valence-electron chi connectivity index (χ4n) is 5.19. The van der Waals surface area contributed by atoms with Gasteiger partial charge in [0, 0.05) is 63.9 Å². The molecule has 42 heavy (non-hydrogen) atoms. The number of fused-ring (bicyclic) bond motifs is 1. The number of benzene rings is 2. The quantitative estimate of drug-likeness (QED) is 0.121. The van der Waals surface area contributed by atoms with Gasteiger partial charge in [0.25, 0.3) is 0 Å². The number of piperidine rings is 1. The van der Waals surface area contributed by atoms with Crippen molar-refractivity contribution in [2.75, 3.05) is 50.1 Å². The van der Waals surface area contributed by atoms with Crippen molar-refractivity contribution in [3.63, 3.8) is 0 Å². The highest BCUT2D eigenvalue weighted by molar-refractivity contribution is 5.99. The van der Waals surface area contributed by atoms with Crippen LogP contribution in [0.5, 0.6) is 0 Å². The fourth-order valence-corrected chi connectivity index (χ4v) is 5.19. The molecular weight excluding hydrogens is 542 g/mol. The molecule has 11 heteroatoms. The summed E-state index contributed by atoms with van der Waals surface area (Å²) in [6.07, 6.45) is 3.87. The van der Waals surface area contributed by atoms with Crippen molar-refractivity contribution < 1.29 is 23.1 Å². The molecule has 1 atom stereocenters. The molecule has 1 saturated heterocycles. The highest BCUT2D eigenvalue weighted by Gasteiger charge is 2.24. The Balaban J connectivity index is 1.54. The van der Waals surface area contributed by atoms with Crippen molar-refractivity contribution in [2.45, 2.75) is 39.2 Å². The number of hydrogen-bond acceptors (Lipinski definition) is 9. The summed E-state index contributed by atoms with van der Waals surface area (Å²) in [7, 11) is 3.21. The molecule has 9 nitrogen and oxygen atoms in total. The first-order valence-corrected chi connectivity index (χ1v) is 14.1. The van der Waals surface area contributed by atoms with Gasteiger partial charge in [0.15, 0.2) is 0 Å². The number of aldehydes is 1. The van der Waals surface area contributed by atoms with Crippen molar-refractivity contribution in [3.05, 3.63) is 48.3 Å². The van der Waals surface area contributed by atoms with Gasteiger partial charge in [-0.1, -0.05) is 25.1 Å². The van der Waals surface area contributed by atoms with E-state index < -0.39 is 17.7 Å². The van der Waals surface area contributed by atoms with Gasteiger partial charge in [-0.15, -0.1) is 0 Å². The van der Waals surface area contributed by atoms with Gasteiger partial charge < -0.3 is 24.2 Å². The predicted molar refractivity (Wildman–Crippen MR) is 162 cm³/mol. The standard InChI is InChI=1S/C31H38F2N6O3/c1-20(2)31(42-34-3)35-17-21-8-12-39(13-9-21)30-26-16-23(32)15-25(29(26)36-19-37-30)22-6-7-28(27(33)14-22)38(4)11-10-24(18-40)41-5/h6-7,14-16,18-21,24H,3,8-13,17H2,1-2,4-5H3.